The van der Waals surface area contributed by atoms with Crippen molar-refractivity contribution in [1.29, 1.82) is 0 Å². The normalized spacial score (nSPS) is 22.4. The number of hydrogen-bond donors (Lipinski definition) is 1. The molecule has 0 aromatic heterocycles. The highest BCUT2D eigenvalue weighted by atomic mass is 19.1. The zero-order chi connectivity index (χ0) is 16.2. The molecule has 1 aromatic carbocycles. The van der Waals surface area contributed by atoms with Gasteiger partial charge in [-0.1, -0.05) is 32.9 Å². The van der Waals surface area contributed by atoms with Crippen molar-refractivity contribution in [3.8, 4) is 5.75 Å². The van der Waals surface area contributed by atoms with Gasteiger partial charge in [0.25, 0.3) is 5.91 Å². The maximum absolute atomic E-state index is 13.4. The first kappa shape index (κ1) is 16.5. The second-order valence-electron chi connectivity index (χ2n) is 6.79. The molecule has 22 heavy (non-hydrogen) atoms. The second kappa shape index (κ2) is 6.90. The molecule has 0 aliphatic heterocycles. The third kappa shape index (κ3) is 4.83. The Morgan fingerprint density at radius 1 is 1.45 bits per heavy atom. The Labute approximate surface area is 130 Å². The van der Waals surface area contributed by atoms with Crippen molar-refractivity contribution in [3.63, 3.8) is 0 Å². The summed E-state index contributed by atoms with van der Waals surface area (Å²) in [5.41, 5.74) is 3.72. The van der Waals surface area contributed by atoms with Crippen molar-refractivity contribution in [2.75, 3.05) is 6.61 Å². The number of ether oxygens (including phenoxy) is 1. The van der Waals surface area contributed by atoms with Gasteiger partial charge in [0.2, 0.25) is 0 Å². The molecule has 0 bridgehead atoms. The van der Waals surface area contributed by atoms with Crippen LogP contribution in [0.5, 0.6) is 5.75 Å². The number of nitrogens with zero attached hydrogens (tertiary/aromatic N) is 1. The predicted molar refractivity (Wildman–Crippen MR) is 84.3 cm³/mol. The van der Waals surface area contributed by atoms with Gasteiger partial charge in [0, 0.05) is 5.71 Å². The number of nitrogens with one attached hydrogen (secondary N) is 1. The number of benzene rings is 1. The van der Waals surface area contributed by atoms with E-state index in [9.17, 15) is 9.18 Å². The molecule has 1 aliphatic rings. The van der Waals surface area contributed by atoms with Crippen LogP contribution in [0.1, 0.15) is 40.0 Å². The van der Waals surface area contributed by atoms with E-state index < -0.39 is 5.82 Å². The summed E-state index contributed by atoms with van der Waals surface area (Å²) in [6, 6.07) is 6.00. The van der Waals surface area contributed by atoms with E-state index in [-0.39, 0.29) is 23.7 Å². The Morgan fingerprint density at radius 2 is 2.18 bits per heavy atom. The SMILES string of the molecule is CC1C/C(=N\NC(=O)COc2ccccc2F)CC(C)(C)C1. The Kier molecular flexibility index (Phi) is 5.16. The van der Waals surface area contributed by atoms with Gasteiger partial charge in [-0.25, -0.2) is 9.82 Å². The first-order valence-electron chi connectivity index (χ1n) is 7.57. The van der Waals surface area contributed by atoms with Crippen molar-refractivity contribution in [1.82, 2.24) is 5.43 Å². The molecule has 1 atom stereocenters. The quantitative estimate of drug-likeness (QED) is 0.865. The lowest BCUT2D eigenvalue weighted by molar-refractivity contribution is -0.123. The molecule has 1 N–H and O–H groups in total. The Hall–Kier alpha value is -1.91. The zero-order valence-corrected chi connectivity index (χ0v) is 13.4. The van der Waals surface area contributed by atoms with Crippen LogP contribution in [-0.4, -0.2) is 18.2 Å². The van der Waals surface area contributed by atoms with Gasteiger partial charge in [-0.05, 0) is 42.7 Å². The van der Waals surface area contributed by atoms with E-state index in [4.69, 9.17) is 4.74 Å². The molecule has 1 aliphatic carbocycles. The van der Waals surface area contributed by atoms with E-state index in [1.807, 2.05) is 0 Å². The third-order valence-electron chi connectivity index (χ3n) is 3.70. The number of carbonyl (C=O) groups excluding carboxylic acids is 1. The minimum absolute atomic E-state index is 0.0673. The summed E-state index contributed by atoms with van der Waals surface area (Å²) in [5, 5.41) is 4.21. The topological polar surface area (TPSA) is 50.7 Å². The molecule has 120 valence electrons. The molecule has 4 nitrogen and oxygen atoms in total. The smallest absolute Gasteiger partial charge is 0.277 e. The van der Waals surface area contributed by atoms with Crippen LogP contribution in [0, 0.1) is 17.2 Å². The summed E-state index contributed by atoms with van der Waals surface area (Å²) >= 11 is 0. The predicted octanol–water partition coefficient (Wildman–Crippen LogP) is 3.52. The number of amides is 1. The highest BCUT2D eigenvalue weighted by Crippen LogP contribution is 2.36. The molecule has 1 fully saturated rings. The van der Waals surface area contributed by atoms with Crippen molar-refractivity contribution in [2.24, 2.45) is 16.4 Å². The lowest BCUT2D eigenvalue weighted by Crippen LogP contribution is -2.31. The molecule has 0 spiro atoms. The minimum atomic E-state index is -0.482. The number of hydrazone groups is 1. The molecular weight excluding hydrogens is 283 g/mol. The third-order valence-corrected chi connectivity index (χ3v) is 3.70. The molecule has 2 rings (SSSR count). The first-order chi connectivity index (χ1) is 10.4. The monoisotopic (exact) mass is 306 g/mol. The summed E-state index contributed by atoms with van der Waals surface area (Å²) in [5.74, 6) is -0.233. The first-order valence-corrected chi connectivity index (χ1v) is 7.57. The van der Waals surface area contributed by atoms with Gasteiger partial charge >= 0.3 is 0 Å². The summed E-state index contributed by atoms with van der Waals surface area (Å²) in [4.78, 5) is 11.7. The van der Waals surface area contributed by atoms with Crippen LogP contribution in [0.2, 0.25) is 0 Å². The number of carbonyl (C=O) groups is 1. The highest BCUT2D eigenvalue weighted by molar-refractivity contribution is 5.87. The summed E-state index contributed by atoms with van der Waals surface area (Å²) in [6.45, 7) is 6.36. The number of rotatable bonds is 4. The highest BCUT2D eigenvalue weighted by Gasteiger charge is 2.29. The van der Waals surface area contributed by atoms with Crippen LogP contribution in [0.3, 0.4) is 0 Å². The number of para-hydroxylation sites is 1. The van der Waals surface area contributed by atoms with Crippen LogP contribution < -0.4 is 10.2 Å². The molecular formula is C17H23FN2O2. The van der Waals surface area contributed by atoms with E-state index in [1.54, 1.807) is 12.1 Å². The Morgan fingerprint density at radius 3 is 2.86 bits per heavy atom. The number of hydrogen-bond acceptors (Lipinski definition) is 3. The van der Waals surface area contributed by atoms with E-state index in [0.717, 1.165) is 25.0 Å². The zero-order valence-electron chi connectivity index (χ0n) is 13.4. The van der Waals surface area contributed by atoms with Crippen molar-refractivity contribution >= 4 is 11.6 Å². The van der Waals surface area contributed by atoms with Crippen molar-refractivity contribution in [3.05, 3.63) is 30.1 Å². The van der Waals surface area contributed by atoms with Gasteiger partial charge in [-0.2, -0.15) is 5.10 Å². The molecule has 0 radical (unpaired) electrons. The van der Waals surface area contributed by atoms with Crippen molar-refractivity contribution < 1.29 is 13.9 Å². The number of halogens is 1. The van der Waals surface area contributed by atoms with Gasteiger partial charge in [0.15, 0.2) is 18.2 Å². The Balaban J connectivity index is 1.85. The minimum Gasteiger partial charge on any atom is -0.481 e. The summed E-state index contributed by atoms with van der Waals surface area (Å²) in [6.07, 6.45) is 2.94. The fourth-order valence-electron chi connectivity index (χ4n) is 3.08. The van der Waals surface area contributed by atoms with Gasteiger partial charge in [-0.3, -0.25) is 4.79 Å². The van der Waals surface area contributed by atoms with Crippen LogP contribution >= 0.6 is 0 Å². The lowest BCUT2D eigenvalue weighted by Gasteiger charge is -2.34. The molecule has 1 aromatic rings. The molecule has 1 saturated carbocycles. The molecule has 0 heterocycles. The lowest BCUT2D eigenvalue weighted by atomic mass is 9.72. The van der Waals surface area contributed by atoms with Crippen LogP contribution in [0.4, 0.5) is 4.39 Å². The second-order valence-corrected chi connectivity index (χ2v) is 6.79. The fraction of sp³-hybridized carbons (Fsp3) is 0.529. The standard InChI is InChI=1S/C17H23FN2O2/c1-12-8-13(10-17(2,3)9-12)19-20-16(21)11-22-15-7-5-4-6-14(15)18/h4-7,12H,8-11H2,1-3H3,(H,20,21)/b19-13+. The average Bonchev–Trinajstić information content (AvgIpc) is 2.42. The fourth-order valence-corrected chi connectivity index (χ4v) is 3.08. The molecule has 5 heteroatoms. The van der Waals surface area contributed by atoms with E-state index in [0.29, 0.717) is 5.92 Å². The van der Waals surface area contributed by atoms with Gasteiger partial charge in [-0.15, -0.1) is 0 Å². The van der Waals surface area contributed by atoms with Gasteiger partial charge in [0.05, 0.1) is 0 Å². The van der Waals surface area contributed by atoms with E-state index in [2.05, 4.69) is 31.3 Å². The Bertz CT molecular complexity index is 570. The molecule has 1 amide bonds. The van der Waals surface area contributed by atoms with Crippen LogP contribution in [-0.2, 0) is 4.79 Å². The average molecular weight is 306 g/mol. The van der Waals surface area contributed by atoms with Crippen LogP contribution in [0.15, 0.2) is 29.4 Å². The maximum atomic E-state index is 13.4. The maximum Gasteiger partial charge on any atom is 0.277 e. The van der Waals surface area contributed by atoms with Crippen molar-refractivity contribution in [2.45, 2.75) is 40.0 Å². The van der Waals surface area contributed by atoms with Gasteiger partial charge < -0.3 is 4.74 Å². The van der Waals surface area contributed by atoms with E-state index in [1.165, 1.54) is 12.1 Å². The van der Waals surface area contributed by atoms with Gasteiger partial charge in [0.1, 0.15) is 0 Å². The molecule has 0 saturated heterocycles. The summed E-state index contributed by atoms with van der Waals surface area (Å²) in [7, 11) is 0. The molecule has 1 unspecified atom stereocenters. The van der Waals surface area contributed by atoms with E-state index >= 15 is 0 Å². The van der Waals surface area contributed by atoms with Crippen LogP contribution in [0.25, 0.3) is 0 Å². The largest absolute Gasteiger partial charge is 0.481 e. The summed E-state index contributed by atoms with van der Waals surface area (Å²) < 4.78 is 18.5.